The summed E-state index contributed by atoms with van der Waals surface area (Å²) in [6, 6.07) is 0. The van der Waals surface area contributed by atoms with Gasteiger partial charge in [-0.2, -0.15) is 0 Å². The summed E-state index contributed by atoms with van der Waals surface area (Å²) in [5.41, 5.74) is 2.42. The van der Waals surface area contributed by atoms with Gasteiger partial charge in [-0.3, -0.25) is 9.59 Å². The highest BCUT2D eigenvalue weighted by Crippen LogP contribution is 2.38. The minimum absolute atomic E-state index is 0.278. The molecule has 0 aliphatic heterocycles. The molecular weight excluding hydrogens is 280 g/mol. The third-order valence-electron chi connectivity index (χ3n) is 3.97. The molecule has 0 aromatic rings. The molecule has 1 aliphatic rings. The zero-order valence-corrected chi connectivity index (χ0v) is 14.0. The first-order chi connectivity index (χ1) is 10.5. The number of esters is 2. The van der Waals surface area contributed by atoms with Crippen LogP contribution >= 0.6 is 0 Å². The third kappa shape index (κ3) is 4.11. The van der Waals surface area contributed by atoms with Crippen LogP contribution in [0.4, 0.5) is 0 Å². The molecule has 0 spiro atoms. The molecule has 1 unspecified atom stereocenters. The molecule has 1 atom stereocenters. The lowest BCUT2D eigenvalue weighted by molar-refractivity contribution is -0.168. The number of rotatable bonds is 4. The van der Waals surface area contributed by atoms with E-state index in [1.54, 1.807) is 0 Å². The summed E-state index contributed by atoms with van der Waals surface area (Å²) < 4.78 is 9.88. The summed E-state index contributed by atoms with van der Waals surface area (Å²) in [7, 11) is 2.59. The van der Waals surface area contributed by atoms with E-state index in [0.717, 1.165) is 37.7 Å². The van der Waals surface area contributed by atoms with Gasteiger partial charge in [0.1, 0.15) is 0 Å². The monoisotopic (exact) mass is 306 g/mol. The molecule has 0 aromatic heterocycles. The lowest BCUT2D eigenvalue weighted by Crippen LogP contribution is -2.45. The maximum Gasteiger partial charge on any atom is 0.328 e. The normalized spacial score (nSPS) is 19.9. The predicted octanol–water partition coefficient (Wildman–Crippen LogP) is 3.58. The van der Waals surface area contributed by atoms with Crippen LogP contribution in [0.2, 0.25) is 0 Å². The average molecular weight is 306 g/mol. The molecule has 1 aliphatic carbocycles. The van der Waals surface area contributed by atoms with Gasteiger partial charge in [-0.25, -0.2) is 0 Å². The zero-order chi connectivity index (χ0) is 16.6. The molecule has 0 saturated carbocycles. The SMILES string of the molecule is COC(=O)C(C=C=C(C)C)(C(=O)OC)C1/C=C\CCCCC1. The number of methoxy groups -OCH3 is 2. The Labute approximate surface area is 132 Å². The molecule has 0 bridgehead atoms. The highest BCUT2D eigenvalue weighted by molar-refractivity contribution is 6.03. The molecule has 122 valence electrons. The quantitative estimate of drug-likeness (QED) is 0.345. The first-order valence-corrected chi connectivity index (χ1v) is 7.73. The van der Waals surface area contributed by atoms with Gasteiger partial charge in [0.25, 0.3) is 0 Å². The van der Waals surface area contributed by atoms with Crippen LogP contribution in [0.3, 0.4) is 0 Å². The highest BCUT2D eigenvalue weighted by Gasteiger charge is 2.51. The van der Waals surface area contributed by atoms with Crippen molar-refractivity contribution < 1.29 is 19.1 Å². The number of ether oxygens (including phenoxy) is 2. The van der Waals surface area contributed by atoms with E-state index < -0.39 is 17.4 Å². The van der Waals surface area contributed by atoms with E-state index in [0.29, 0.717) is 0 Å². The minimum Gasteiger partial charge on any atom is -0.468 e. The fraction of sp³-hybridized carbons (Fsp3) is 0.611. The molecule has 4 nitrogen and oxygen atoms in total. The van der Waals surface area contributed by atoms with Crippen LogP contribution in [0.5, 0.6) is 0 Å². The Bertz CT molecular complexity index is 475. The molecule has 22 heavy (non-hydrogen) atoms. The zero-order valence-electron chi connectivity index (χ0n) is 14.0. The standard InChI is InChI=1S/C18H26O4/c1-14(2)12-13-18(16(19)21-3,17(20)22-4)15-10-8-6-5-7-9-11-15/h8,10,13,15H,5-7,9,11H2,1-4H3/b10-8-. The van der Waals surface area contributed by atoms with Gasteiger partial charge in [0.05, 0.1) is 14.2 Å². The van der Waals surface area contributed by atoms with Gasteiger partial charge in [-0.15, -0.1) is 5.73 Å². The molecule has 1 rings (SSSR count). The van der Waals surface area contributed by atoms with Gasteiger partial charge in [-0.1, -0.05) is 25.0 Å². The summed E-state index contributed by atoms with van der Waals surface area (Å²) >= 11 is 0. The molecule has 0 aromatic carbocycles. The summed E-state index contributed by atoms with van der Waals surface area (Å²) in [6.07, 6.45) is 10.4. The molecule has 0 amide bonds. The number of allylic oxidation sites excluding steroid dienone is 2. The van der Waals surface area contributed by atoms with Gasteiger partial charge >= 0.3 is 11.9 Å². The van der Waals surface area contributed by atoms with Crippen LogP contribution in [0, 0.1) is 11.3 Å². The summed E-state index contributed by atoms with van der Waals surface area (Å²) in [4.78, 5) is 25.0. The van der Waals surface area contributed by atoms with Crippen molar-refractivity contribution in [2.45, 2.75) is 46.0 Å². The summed E-state index contributed by atoms with van der Waals surface area (Å²) in [5, 5.41) is 0. The largest absolute Gasteiger partial charge is 0.468 e. The number of hydrogen-bond acceptors (Lipinski definition) is 4. The highest BCUT2D eigenvalue weighted by atomic mass is 16.5. The van der Waals surface area contributed by atoms with Crippen LogP contribution < -0.4 is 0 Å². The molecule has 4 heteroatoms. The third-order valence-corrected chi connectivity index (χ3v) is 3.97. The van der Waals surface area contributed by atoms with Gasteiger partial charge < -0.3 is 9.47 Å². The smallest absolute Gasteiger partial charge is 0.328 e. The topological polar surface area (TPSA) is 52.6 Å². The second kappa shape index (κ2) is 8.60. The Balaban J connectivity index is 3.45. The van der Waals surface area contributed by atoms with Crippen molar-refractivity contribution in [2.75, 3.05) is 14.2 Å². The average Bonchev–Trinajstić information content (AvgIpc) is 2.47. The molecular formula is C18H26O4. The Kier molecular flexibility index (Phi) is 7.13. The maximum atomic E-state index is 12.5. The molecule has 0 N–H and O–H groups in total. The Morgan fingerprint density at radius 2 is 1.77 bits per heavy atom. The number of hydrogen-bond donors (Lipinski definition) is 0. The van der Waals surface area contributed by atoms with Crippen molar-refractivity contribution >= 4 is 11.9 Å². The van der Waals surface area contributed by atoms with E-state index >= 15 is 0 Å². The molecule has 0 saturated heterocycles. The summed E-state index contributed by atoms with van der Waals surface area (Å²) in [5.74, 6) is -1.47. The lowest BCUT2D eigenvalue weighted by Gasteiger charge is -2.31. The van der Waals surface area contributed by atoms with E-state index in [9.17, 15) is 9.59 Å². The second-order valence-corrected chi connectivity index (χ2v) is 5.81. The van der Waals surface area contributed by atoms with E-state index in [2.05, 4.69) is 5.73 Å². The molecule has 0 heterocycles. The first-order valence-electron chi connectivity index (χ1n) is 7.73. The summed E-state index contributed by atoms with van der Waals surface area (Å²) in [6.45, 7) is 3.73. The Morgan fingerprint density at radius 3 is 2.32 bits per heavy atom. The lowest BCUT2D eigenvalue weighted by atomic mass is 9.71. The van der Waals surface area contributed by atoms with Crippen molar-refractivity contribution in [3.05, 3.63) is 29.5 Å². The molecule has 0 radical (unpaired) electrons. The van der Waals surface area contributed by atoms with Gasteiger partial charge in [-0.05, 0) is 44.8 Å². The van der Waals surface area contributed by atoms with Crippen molar-refractivity contribution in [3.63, 3.8) is 0 Å². The Morgan fingerprint density at radius 1 is 1.14 bits per heavy atom. The van der Waals surface area contributed by atoms with Crippen LogP contribution in [-0.4, -0.2) is 26.2 Å². The fourth-order valence-electron chi connectivity index (χ4n) is 2.75. The van der Waals surface area contributed by atoms with E-state index in [1.165, 1.54) is 20.3 Å². The second-order valence-electron chi connectivity index (χ2n) is 5.81. The first kappa shape index (κ1) is 18.2. The van der Waals surface area contributed by atoms with Crippen molar-refractivity contribution in [2.24, 2.45) is 11.3 Å². The van der Waals surface area contributed by atoms with Crippen LogP contribution in [0.25, 0.3) is 0 Å². The molecule has 0 fully saturated rings. The maximum absolute atomic E-state index is 12.5. The van der Waals surface area contributed by atoms with Crippen molar-refractivity contribution in [3.8, 4) is 0 Å². The number of carbonyl (C=O) groups is 2. The van der Waals surface area contributed by atoms with Gasteiger partial charge in [0.15, 0.2) is 5.41 Å². The van der Waals surface area contributed by atoms with Crippen LogP contribution in [-0.2, 0) is 19.1 Å². The van der Waals surface area contributed by atoms with Crippen molar-refractivity contribution in [1.29, 1.82) is 0 Å². The van der Waals surface area contributed by atoms with Gasteiger partial charge in [0.2, 0.25) is 0 Å². The Hall–Kier alpha value is -1.80. The minimum atomic E-state index is -1.46. The predicted molar refractivity (Wildman–Crippen MR) is 85.1 cm³/mol. The van der Waals surface area contributed by atoms with Gasteiger partial charge in [0, 0.05) is 5.92 Å². The van der Waals surface area contributed by atoms with E-state index in [-0.39, 0.29) is 5.92 Å². The van der Waals surface area contributed by atoms with Crippen LogP contribution in [0.1, 0.15) is 46.0 Å². The van der Waals surface area contributed by atoms with E-state index in [4.69, 9.17) is 9.47 Å². The number of carbonyl (C=O) groups excluding carboxylic acids is 2. The fourth-order valence-corrected chi connectivity index (χ4v) is 2.75. The van der Waals surface area contributed by atoms with E-state index in [1.807, 2.05) is 26.0 Å². The van der Waals surface area contributed by atoms with Crippen LogP contribution in [0.15, 0.2) is 29.5 Å². The van der Waals surface area contributed by atoms with Crippen molar-refractivity contribution in [1.82, 2.24) is 0 Å².